The molecule has 3 aromatic heterocycles. The van der Waals surface area contributed by atoms with Crippen molar-refractivity contribution in [1.29, 1.82) is 0 Å². The topological polar surface area (TPSA) is 79.4 Å². The molecule has 0 spiro atoms. The summed E-state index contributed by atoms with van der Waals surface area (Å²) in [6.07, 6.45) is 7.22. The van der Waals surface area contributed by atoms with Gasteiger partial charge in [-0.2, -0.15) is 5.10 Å². The SMILES string of the molecule is Cc1nc(C2CCCCC2)nc(Nc2[nH]nc3ncc(F)cc23)c1C.[HH]. The fourth-order valence-corrected chi connectivity index (χ4v) is 3.40. The van der Waals surface area contributed by atoms with Crippen LogP contribution in [0.3, 0.4) is 0 Å². The Morgan fingerprint density at radius 3 is 2.80 bits per heavy atom. The van der Waals surface area contributed by atoms with Crippen molar-refractivity contribution in [3.63, 3.8) is 0 Å². The van der Waals surface area contributed by atoms with Crippen LogP contribution >= 0.6 is 0 Å². The number of hydrogen-bond acceptors (Lipinski definition) is 5. The molecule has 0 amide bonds. The molecular formula is C18H23FN6. The number of halogens is 1. The van der Waals surface area contributed by atoms with E-state index in [4.69, 9.17) is 9.97 Å². The maximum Gasteiger partial charge on any atom is 0.183 e. The van der Waals surface area contributed by atoms with E-state index in [1.165, 1.54) is 25.3 Å². The van der Waals surface area contributed by atoms with Gasteiger partial charge in [0.05, 0.1) is 11.6 Å². The van der Waals surface area contributed by atoms with Crippen molar-refractivity contribution in [2.45, 2.75) is 51.9 Å². The van der Waals surface area contributed by atoms with Gasteiger partial charge in [0, 0.05) is 18.6 Å². The molecule has 0 atom stereocenters. The summed E-state index contributed by atoms with van der Waals surface area (Å²) in [6.45, 7) is 3.99. The average molecular weight is 342 g/mol. The summed E-state index contributed by atoms with van der Waals surface area (Å²) in [4.78, 5) is 13.5. The van der Waals surface area contributed by atoms with Crippen LogP contribution in [0.15, 0.2) is 12.3 Å². The fourth-order valence-electron chi connectivity index (χ4n) is 3.40. The minimum absolute atomic E-state index is 0. The van der Waals surface area contributed by atoms with E-state index in [1.807, 2.05) is 13.8 Å². The van der Waals surface area contributed by atoms with Gasteiger partial charge < -0.3 is 5.32 Å². The molecule has 132 valence electrons. The van der Waals surface area contributed by atoms with Gasteiger partial charge in [-0.15, -0.1) is 0 Å². The first-order valence-corrected chi connectivity index (χ1v) is 8.73. The van der Waals surface area contributed by atoms with Gasteiger partial charge in [-0.05, 0) is 32.8 Å². The summed E-state index contributed by atoms with van der Waals surface area (Å²) >= 11 is 0. The molecule has 7 heteroatoms. The van der Waals surface area contributed by atoms with Crippen LogP contribution in [-0.4, -0.2) is 25.1 Å². The number of nitrogens with zero attached hydrogens (tertiary/aromatic N) is 4. The van der Waals surface area contributed by atoms with Crippen molar-refractivity contribution in [2.24, 2.45) is 0 Å². The molecule has 0 saturated heterocycles. The molecule has 4 rings (SSSR count). The van der Waals surface area contributed by atoms with Crippen LogP contribution in [0.5, 0.6) is 0 Å². The molecular weight excluding hydrogens is 319 g/mol. The first kappa shape index (κ1) is 15.9. The van der Waals surface area contributed by atoms with E-state index in [0.717, 1.165) is 41.9 Å². The molecule has 2 N–H and O–H groups in total. The average Bonchev–Trinajstić information content (AvgIpc) is 3.01. The van der Waals surface area contributed by atoms with Gasteiger partial charge in [0.15, 0.2) is 5.65 Å². The molecule has 0 bridgehead atoms. The Bertz CT molecular complexity index is 919. The summed E-state index contributed by atoms with van der Waals surface area (Å²) in [7, 11) is 0. The standard InChI is InChI=1S/C18H21FN6.H2/c1-10-11(2)21-16(12-6-4-3-5-7-12)22-15(10)23-18-14-8-13(19)9-20-17(14)24-25-18;/h8-9,12H,3-7H2,1-2H3,(H2,20,21,22,23,24,25);1H. The largest absolute Gasteiger partial charge is 0.324 e. The summed E-state index contributed by atoms with van der Waals surface area (Å²) in [5.74, 6) is 2.26. The Hall–Kier alpha value is -2.57. The second-order valence-electron chi connectivity index (χ2n) is 6.72. The molecule has 1 aliphatic carbocycles. The maximum atomic E-state index is 13.5. The summed E-state index contributed by atoms with van der Waals surface area (Å²) < 4.78 is 13.5. The van der Waals surface area contributed by atoms with Crippen LogP contribution in [-0.2, 0) is 0 Å². The minimum Gasteiger partial charge on any atom is -0.324 e. The maximum absolute atomic E-state index is 13.5. The molecule has 1 fully saturated rings. The highest BCUT2D eigenvalue weighted by molar-refractivity contribution is 5.88. The molecule has 6 nitrogen and oxygen atoms in total. The number of nitrogens with one attached hydrogen (secondary N) is 2. The molecule has 0 unspecified atom stereocenters. The van der Waals surface area contributed by atoms with Gasteiger partial charge in [0.1, 0.15) is 23.3 Å². The first-order valence-electron chi connectivity index (χ1n) is 8.73. The van der Waals surface area contributed by atoms with Crippen LogP contribution in [0.2, 0.25) is 0 Å². The number of anilines is 2. The van der Waals surface area contributed by atoms with Crippen LogP contribution in [0.25, 0.3) is 11.0 Å². The molecule has 1 saturated carbocycles. The van der Waals surface area contributed by atoms with Crippen LogP contribution in [0.1, 0.15) is 56.5 Å². The summed E-state index contributed by atoms with van der Waals surface area (Å²) in [6, 6.07) is 1.42. The van der Waals surface area contributed by atoms with Crippen LogP contribution < -0.4 is 5.32 Å². The molecule has 1 aliphatic rings. The predicted octanol–water partition coefficient (Wildman–Crippen LogP) is 4.54. The monoisotopic (exact) mass is 342 g/mol. The Labute approximate surface area is 146 Å². The number of H-pyrrole nitrogens is 1. The van der Waals surface area contributed by atoms with E-state index in [1.54, 1.807) is 0 Å². The number of rotatable bonds is 3. The number of pyridine rings is 1. The Balaban J connectivity index is 0.00000196. The minimum atomic E-state index is -0.393. The first-order chi connectivity index (χ1) is 12.1. The predicted molar refractivity (Wildman–Crippen MR) is 96.6 cm³/mol. The lowest BCUT2D eigenvalue weighted by Crippen LogP contribution is -2.12. The molecule has 25 heavy (non-hydrogen) atoms. The number of aromatic amines is 1. The lowest BCUT2D eigenvalue weighted by atomic mass is 9.88. The van der Waals surface area contributed by atoms with Gasteiger partial charge in [-0.1, -0.05) is 19.3 Å². The Morgan fingerprint density at radius 1 is 1.20 bits per heavy atom. The smallest absolute Gasteiger partial charge is 0.183 e. The Morgan fingerprint density at radius 2 is 2.00 bits per heavy atom. The quantitative estimate of drug-likeness (QED) is 0.730. The lowest BCUT2D eigenvalue weighted by Gasteiger charge is -2.22. The van der Waals surface area contributed by atoms with Crippen LogP contribution in [0, 0.1) is 19.7 Å². The van der Waals surface area contributed by atoms with Gasteiger partial charge in [-0.25, -0.2) is 19.3 Å². The normalized spacial score (nSPS) is 15.6. The van der Waals surface area contributed by atoms with Crippen LogP contribution in [0.4, 0.5) is 16.0 Å². The van der Waals surface area contributed by atoms with E-state index in [-0.39, 0.29) is 1.43 Å². The fraction of sp³-hybridized carbons (Fsp3) is 0.444. The van der Waals surface area contributed by atoms with Crippen molar-refractivity contribution < 1.29 is 5.82 Å². The highest BCUT2D eigenvalue weighted by atomic mass is 19.1. The second kappa shape index (κ2) is 6.38. The van der Waals surface area contributed by atoms with Crippen molar-refractivity contribution in [3.05, 3.63) is 35.2 Å². The van der Waals surface area contributed by atoms with E-state index in [9.17, 15) is 4.39 Å². The van der Waals surface area contributed by atoms with Gasteiger partial charge in [0.2, 0.25) is 0 Å². The zero-order chi connectivity index (χ0) is 17.4. The lowest BCUT2D eigenvalue weighted by molar-refractivity contribution is 0.428. The summed E-state index contributed by atoms with van der Waals surface area (Å²) in [5, 5.41) is 10.9. The van der Waals surface area contributed by atoms with Crippen molar-refractivity contribution in [3.8, 4) is 0 Å². The zero-order valence-electron chi connectivity index (χ0n) is 14.4. The van der Waals surface area contributed by atoms with E-state index in [2.05, 4.69) is 20.5 Å². The van der Waals surface area contributed by atoms with E-state index < -0.39 is 5.82 Å². The number of fused-ring (bicyclic) bond motifs is 1. The van der Waals surface area contributed by atoms with E-state index in [0.29, 0.717) is 22.8 Å². The number of aryl methyl sites for hydroxylation is 1. The third kappa shape index (κ3) is 3.06. The molecule has 3 aromatic rings. The number of aromatic nitrogens is 5. The van der Waals surface area contributed by atoms with Crippen molar-refractivity contribution >= 4 is 22.7 Å². The highest BCUT2D eigenvalue weighted by Gasteiger charge is 2.20. The van der Waals surface area contributed by atoms with Gasteiger partial charge in [0.25, 0.3) is 0 Å². The van der Waals surface area contributed by atoms with Gasteiger partial charge in [-0.3, -0.25) is 5.10 Å². The van der Waals surface area contributed by atoms with Gasteiger partial charge >= 0.3 is 0 Å². The molecule has 3 heterocycles. The zero-order valence-corrected chi connectivity index (χ0v) is 14.4. The number of hydrogen-bond donors (Lipinski definition) is 2. The summed E-state index contributed by atoms with van der Waals surface area (Å²) in [5.41, 5.74) is 2.41. The molecule has 0 radical (unpaired) electrons. The highest BCUT2D eigenvalue weighted by Crippen LogP contribution is 2.33. The third-order valence-electron chi connectivity index (χ3n) is 5.00. The third-order valence-corrected chi connectivity index (χ3v) is 5.00. The Kier molecular flexibility index (Phi) is 4.07. The molecule has 0 aliphatic heterocycles. The van der Waals surface area contributed by atoms with E-state index >= 15 is 0 Å². The molecule has 0 aromatic carbocycles. The van der Waals surface area contributed by atoms with Crippen molar-refractivity contribution in [1.82, 2.24) is 25.1 Å². The second-order valence-corrected chi connectivity index (χ2v) is 6.72. The van der Waals surface area contributed by atoms with Crippen molar-refractivity contribution in [2.75, 3.05) is 5.32 Å².